The molecule has 0 saturated heterocycles. The number of nitrogens with zero attached hydrogens (tertiary/aromatic N) is 2. The zero-order valence-electron chi connectivity index (χ0n) is 21.0. The van der Waals surface area contributed by atoms with E-state index >= 15 is 0 Å². The third-order valence-corrected chi connectivity index (χ3v) is 6.67. The number of aliphatic carboxylic acids is 1. The molecule has 1 aliphatic rings. The smallest absolute Gasteiger partial charge is 0.323 e. The summed E-state index contributed by atoms with van der Waals surface area (Å²) in [6.45, 7) is 5.06. The summed E-state index contributed by atoms with van der Waals surface area (Å²) in [5, 5.41) is 13.0. The molecule has 0 fully saturated rings. The van der Waals surface area contributed by atoms with E-state index in [0.717, 1.165) is 11.1 Å². The van der Waals surface area contributed by atoms with Crippen LogP contribution >= 0.6 is 11.6 Å². The largest absolute Gasteiger partial charge is 0.480 e. The van der Waals surface area contributed by atoms with E-state index in [-0.39, 0.29) is 12.3 Å². The molecule has 2 atom stereocenters. The Morgan fingerprint density at radius 2 is 1.70 bits per heavy atom. The first-order chi connectivity index (χ1) is 17.6. The molecule has 0 saturated carbocycles. The first kappa shape index (κ1) is 26.2. The van der Waals surface area contributed by atoms with Gasteiger partial charge in [-0.15, -0.1) is 0 Å². The van der Waals surface area contributed by atoms with Crippen LogP contribution in [0.2, 0.25) is 5.02 Å². The van der Waals surface area contributed by atoms with Crippen molar-refractivity contribution in [3.63, 3.8) is 0 Å². The Bertz CT molecular complexity index is 1310. The molecule has 0 aliphatic carbocycles. The number of carbonyl (C=O) groups excluding carboxylic acids is 2. The second-order valence-electron chi connectivity index (χ2n) is 10.1. The van der Waals surface area contributed by atoms with E-state index in [0.29, 0.717) is 16.4 Å². The van der Waals surface area contributed by atoms with Crippen LogP contribution in [0.25, 0.3) is 0 Å². The van der Waals surface area contributed by atoms with Crippen LogP contribution < -0.4 is 10.2 Å². The van der Waals surface area contributed by atoms with Gasteiger partial charge in [0.15, 0.2) is 0 Å². The highest BCUT2D eigenvalue weighted by Crippen LogP contribution is 2.41. The number of halogens is 1. The van der Waals surface area contributed by atoms with Gasteiger partial charge in [0.05, 0.1) is 0 Å². The summed E-state index contributed by atoms with van der Waals surface area (Å²) < 4.78 is 0. The molecule has 0 radical (unpaired) electrons. The number of carbonyl (C=O) groups is 3. The van der Waals surface area contributed by atoms with E-state index in [1.54, 1.807) is 36.4 Å². The van der Waals surface area contributed by atoms with Crippen LogP contribution in [0.1, 0.15) is 44.2 Å². The molecule has 8 heteroatoms. The first-order valence-electron chi connectivity index (χ1n) is 12.1. The van der Waals surface area contributed by atoms with Gasteiger partial charge in [0, 0.05) is 27.9 Å². The van der Waals surface area contributed by atoms with Crippen LogP contribution in [0.15, 0.2) is 78.9 Å². The lowest BCUT2D eigenvalue weighted by Crippen LogP contribution is -2.59. The highest BCUT2D eigenvalue weighted by atomic mass is 35.5. The summed E-state index contributed by atoms with van der Waals surface area (Å²) in [5.74, 6) is -1.82. The lowest BCUT2D eigenvalue weighted by Gasteiger charge is -2.42. The van der Waals surface area contributed by atoms with Crippen LogP contribution in [0.5, 0.6) is 0 Å². The number of carboxylic acids is 1. The van der Waals surface area contributed by atoms with E-state index < -0.39 is 36.0 Å². The van der Waals surface area contributed by atoms with E-state index in [1.807, 2.05) is 63.2 Å². The zero-order chi connectivity index (χ0) is 26.7. The third-order valence-electron chi connectivity index (χ3n) is 6.44. The number of hydrogen-bond acceptors (Lipinski definition) is 3. The van der Waals surface area contributed by atoms with E-state index in [2.05, 4.69) is 5.32 Å². The predicted octanol–water partition coefficient (Wildman–Crippen LogP) is 5.99. The van der Waals surface area contributed by atoms with E-state index in [9.17, 15) is 19.5 Å². The van der Waals surface area contributed by atoms with Crippen molar-refractivity contribution in [3.8, 4) is 0 Å². The van der Waals surface area contributed by atoms with Crippen molar-refractivity contribution in [3.05, 3.63) is 95.0 Å². The van der Waals surface area contributed by atoms with E-state index in [4.69, 9.17) is 11.6 Å². The van der Waals surface area contributed by atoms with Crippen molar-refractivity contribution in [2.45, 2.75) is 44.7 Å². The summed E-state index contributed by atoms with van der Waals surface area (Å²) in [7, 11) is 0. The van der Waals surface area contributed by atoms with Crippen molar-refractivity contribution >= 4 is 40.9 Å². The van der Waals surface area contributed by atoms with E-state index in [1.165, 1.54) is 9.80 Å². The third kappa shape index (κ3) is 5.78. The maximum absolute atomic E-state index is 14.1. The predicted molar refractivity (Wildman–Crippen MR) is 145 cm³/mol. The Kier molecular flexibility index (Phi) is 7.55. The molecule has 2 N–H and O–H groups in total. The van der Waals surface area contributed by atoms with Gasteiger partial charge in [-0.2, -0.15) is 0 Å². The average molecular weight is 520 g/mol. The summed E-state index contributed by atoms with van der Waals surface area (Å²) in [5.41, 5.74) is 2.09. The topological polar surface area (TPSA) is 90.0 Å². The summed E-state index contributed by atoms with van der Waals surface area (Å²) in [4.78, 5) is 42.6. The molecule has 0 bridgehead atoms. The van der Waals surface area contributed by atoms with Crippen LogP contribution in [0.3, 0.4) is 0 Å². The van der Waals surface area contributed by atoms with Crippen molar-refractivity contribution in [2.24, 2.45) is 0 Å². The van der Waals surface area contributed by atoms with Gasteiger partial charge in [-0.1, -0.05) is 66.2 Å². The molecule has 37 heavy (non-hydrogen) atoms. The first-order valence-corrected chi connectivity index (χ1v) is 12.5. The summed E-state index contributed by atoms with van der Waals surface area (Å²) in [6.07, 6.45) is 0.288. The normalized spacial score (nSPS) is 17.5. The quantitative estimate of drug-likeness (QED) is 0.433. The minimum Gasteiger partial charge on any atom is -0.480 e. The Hall–Kier alpha value is -3.84. The van der Waals surface area contributed by atoms with Gasteiger partial charge >= 0.3 is 12.0 Å². The van der Waals surface area contributed by atoms with Crippen molar-refractivity contribution in [1.29, 1.82) is 0 Å². The van der Waals surface area contributed by atoms with Crippen LogP contribution in [-0.2, 0) is 9.59 Å². The monoisotopic (exact) mass is 519 g/mol. The summed E-state index contributed by atoms with van der Waals surface area (Å²) >= 11 is 6.12. The Morgan fingerprint density at radius 1 is 1.03 bits per heavy atom. The summed E-state index contributed by atoms with van der Waals surface area (Å²) in [6, 6.07) is 22.5. The van der Waals surface area contributed by atoms with Crippen LogP contribution in [-0.4, -0.2) is 46.0 Å². The number of urea groups is 1. The number of fused-ring (bicyclic) bond motifs is 1. The van der Waals surface area contributed by atoms with Gasteiger partial charge in [0.2, 0.25) is 5.91 Å². The van der Waals surface area contributed by atoms with Gasteiger partial charge in [-0.3, -0.25) is 14.5 Å². The molecule has 0 spiro atoms. The van der Waals surface area contributed by atoms with Gasteiger partial charge in [-0.05, 0) is 62.6 Å². The van der Waals surface area contributed by atoms with Crippen molar-refractivity contribution in [2.75, 3.05) is 16.8 Å². The number of anilines is 2. The molecule has 0 aromatic heterocycles. The molecule has 2 unspecified atom stereocenters. The fourth-order valence-electron chi connectivity index (χ4n) is 4.96. The second kappa shape index (κ2) is 10.6. The number of carboxylic acid groups (broad SMARTS) is 1. The van der Waals surface area contributed by atoms with Gasteiger partial charge in [-0.25, -0.2) is 4.79 Å². The molecule has 7 nitrogen and oxygen atoms in total. The standard InChI is InChI=1S/C29H30ClN3O4/c1-29(2,3)33(28(37)31-21-13-9-12-20(30)16-21)25-17-23(19-10-5-4-6-11-19)22-14-7-8-15-24(22)32(27(25)36)18-26(34)35/h4-16,23,25H,17-18H2,1-3H3,(H,31,37)(H,34,35). The molecule has 1 aliphatic heterocycles. The number of rotatable bonds is 5. The maximum Gasteiger partial charge on any atom is 0.323 e. The van der Waals surface area contributed by atoms with Crippen LogP contribution in [0.4, 0.5) is 16.2 Å². The minimum atomic E-state index is -1.13. The maximum atomic E-state index is 14.1. The fourth-order valence-corrected chi connectivity index (χ4v) is 5.15. The lowest BCUT2D eigenvalue weighted by atomic mass is 9.85. The number of hydrogen-bond donors (Lipinski definition) is 2. The average Bonchev–Trinajstić information content (AvgIpc) is 2.94. The Labute approximate surface area is 221 Å². The number of amides is 3. The number of para-hydroxylation sites is 1. The lowest BCUT2D eigenvalue weighted by molar-refractivity contribution is -0.137. The molecule has 4 rings (SSSR count). The van der Waals surface area contributed by atoms with Gasteiger partial charge in [0.1, 0.15) is 12.6 Å². The zero-order valence-corrected chi connectivity index (χ0v) is 21.8. The highest BCUT2D eigenvalue weighted by molar-refractivity contribution is 6.30. The minimum absolute atomic E-state index is 0.242. The highest BCUT2D eigenvalue weighted by Gasteiger charge is 2.44. The number of benzene rings is 3. The molecular weight excluding hydrogens is 490 g/mol. The second-order valence-corrected chi connectivity index (χ2v) is 10.5. The fraction of sp³-hybridized carbons (Fsp3) is 0.276. The SMILES string of the molecule is CC(C)(C)N(C(=O)Nc1cccc(Cl)c1)C1CC(c2ccccc2)c2ccccc2N(CC(=O)O)C1=O. The number of nitrogens with one attached hydrogen (secondary N) is 1. The Morgan fingerprint density at radius 3 is 2.35 bits per heavy atom. The molecular formula is C29H30ClN3O4. The molecule has 3 aromatic rings. The van der Waals surface area contributed by atoms with Crippen molar-refractivity contribution < 1.29 is 19.5 Å². The van der Waals surface area contributed by atoms with Crippen LogP contribution in [0, 0.1) is 0 Å². The molecule has 3 amide bonds. The van der Waals surface area contributed by atoms with Gasteiger partial charge < -0.3 is 15.3 Å². The molecule has 192 valence electrons. The Balaban J connectivity index is 1.84. The van der Waals surface area contributed by atoms with Crippen molar-refractivity contribution in [1.82, 2.24) is 4.90 Å². The molecule has 1 heterocycles. The van der Waals surface area contributed by atoms with Gasteiger partial charge in [0.25, 0.3) is 0 Å². The molecule has 3 aromatic carbocycles.